The fraction of sp³-hybridized carbons (Fsp3) is 0.0909. The van der Waals surface area contributed by atoms with E-state index in [-0.39, 0.29) is 0 Å². The zero-order valence-electron chi connectivity index (χ0n) is 7.77. The van der Waals surface area contributed by atoms with Gasteiger partial charge in [0, 0.05) is 11.8 Å². The molecule has 3 heteroatoms. The highest BCUT2D eigenvalue weighted by Crippen LogP contribution is 2.16. The van der Waals surface area contributed by atoms with Crippen LogP contribution in [-0.2, 0) is 0 Å². The minimum Gasteiger partial charge on any atom is -0.467 e. The molecule has 0 saturated carbocycles. The van der Waals surface area contributed by atoms with Gasteiger partial charge in [-0.3, -0.25) is 0 Å². The standard InChI is InChI=1S/C11H9N2O/c1-14-11-12-8-7-10(13-11)9-5-3-2-4-6-9/h3-8H,1H3. The first kappa shape index (κ1) is 8.69. The molecule has 0 fully saturated rings. The fourth-order valence-corrected chi connectivity index (χ4v) is 1.16. The molecule has 2 rings (SSSR count). The Kier molecular flexibility index (Phi) is 2.40. The van der Waals surface area contributed by atoms with E-state index in [1.807, 2.05) is 30.3 Å². The van der Waals surface area contributed by atoms with E-state index in [4.69, 9.17) is 4.74 Å². The molecule has 0 bridgehead atoms. The first-order chi connectivity index (χ1) is 6.90. The first-order valence-electron chi connectivity index (χ1n) is 4.23. The second-order valence-electron chi connectivity index (χ2n) is 2.72. The van der Waals surface area contributed by atoms with Gasteiger partial charge in [-0.05, 0) is 12.1 Å². The number of ether oxygens (including phenoxy) is 1. The minimum absolute atomic E-state index is 0.385. The number of rotatable bonds is 2. The minimum atomic E-state index is 0.385. The molecule has 0 aliphatic carbocycles. The molecule has 1 aromatic carbocycles. The molecule has 2 aromatic rings. The number of hydrogen-bond acceptors (Lipinski definition) is 3. The van der Waals surface area contributed by atoms with Crippen molar-refractivity contribution in [1.29, 1.82) is 0 Å². The summed E-state index contributed by atoms with van der Waals surface area (Å²) in [5.41, 5.74) is 1.88. The van der Waals surface area contributed by atoms with Crippen LogP contribution in [0.15, 0.2) is 36.5 Å². The van der Waals surface area contributed by atoms with Gasteiger partial charge in [-0.2, -0.15) is 4.98 Å². The van der Waals surface area contributed by atoms with Gasteiger partial charge in [-0.15, -0.1) is 0 Å². The lowest BCUT2D eigenvalue weighted by Gasteiger charge is -2.01. The van der Waals surface area contributed by atoms with E-state index in [9.17, 15) is 0 Å². The van der Waals surface area contributed by atoms with Gasteiger partial charge >= 0.3 is 6.01 Å². The molecule has 0 N–H and O–H groups in total. The molecule has 0 spiro atoms. The van der Waals surface area contributed by atoms with E-state index in [1.165, 1.54) is 0 Å². The van der Waals surface area contributed by atoms with Crippen molar-refractivity contribution in [2.45, 2.75) is 0 Å². The molecular formula is C11H9N2O. The molecule has 0 atom stereocenters. The second-order valence-corrected chi connectivity index (χ2v) is 2.72. The van der Waals surface area contributed by atoms with Gasteiger partial charge in [-0.25, -0.2) is 4.98 Å². The maximum absolute atomic E-state index is 4.95. The summed E-state index contributed by atoms with van der Waals surface area (Å²) in [6.07, 6.45) is 1.68. The molecule has 1 aromatic heterocycles. The summed E-state index contributed by atoms with van der Waals surface area (Å²) in [6, 6.07) is 12.8. The van der Waals surface area contributed by atoms with Crippen molar-refractivity contribution in [3.8, 4) is 17.3 Å². The Morgan fingerprint density at radius 2 is 2.00 bits per heavy atom. The number of hydrogen-bond donors (Lipinski definition) is 0. The molecule has 3 nitrogen and oxygen atoms in total. The Morgan fingerprint density at radius 3 is 2.71 bits per heavy atom. The average Bonchev–Trinajstić information content (AvgIpc) is 2.30. The average molecular weight is 185 g/mol. The summed E-state index contributed by atoms with van der Waals surface area (Å²) >= 11 is 0. The number of nitrogens with zero attached hydrogens (tertiary/aromatic N) is 2. The second kappa shape index (κ2) is 3.87. The van der Waals surface area contributed by atoms with Gasteiger partial charge in [0.1, 0.15) is 0 Å². The third-order valence-corrected chi connectivity index (χ3v) is 1.83. The van der Waals surface area contributed by atoms with Crippen LogP contribution in [0.25, 0.3) is 11.3 Å². The van der Waals surface area contributed by atoms with Gasteiger partial charge in [0.15, 0.2) is 0 Å². The van der Waals surface area contributed by atoms with Gasteiger partial charge in [-0.1, -0.05) is 24.3 Å². The van der Waals surface area contributed by atoms with E-state index in [1.54, 1.807) is 13.3 Å². The summed E-state index contributed by atoms with van der Waals surface area (Å²) in [7, 11) is 1.55. The third kappa shape index (κ3) is 1.71. The van der Waals surface area contributed by atoms with E-state index < -0.39 is 0 Å². The van der Waals surface area contributed by atoms with Gasteiger partial charge < -0.3 is 4.74 Å². The highest BCUT2D eigenvalue weighted by atomic mass is 16.5. The van der Waals surface area contributed by atoms with Crippen LogP contribution in [0.3, 0.4) is 0 Å². The number of aromatic nitrogens is 2. The van der Waals surface area contributed by atoms with Crippen molar-refractivity contribution in [1.82, 2.24) is 9.97 Å². The van der Waals surface area contributed by atoms with Crippen LogP contribution in [0.1, 0.15) is 0 Å². The van der Waals surface area contributed by atoms with Crippen molar-refractivity contribution in [3.63, 3.8) is 0 Å². The highest BCUT2D eigenvalue weighted by Gasteiger charge is 2.00. The number of benzene rings is 1. The molecule has 0 unspecified atom stereocenters. The lowest BCUT2D eigenvalue weighted by atomic mass is 10.1. The van der Waals surface area contributed by atoms with Crippen LogP contribution >= 0.6 is 0 Å². The molecule has 0 saturated heterocycles. The molecule has 69 valence electrons. The van der Waals surface area contributed by atoms with E-state index in [0.717, 1.165) is 11.3 Å². The van der Waals surface area contributed by atoms with E-state index >= 15 is 0 Å². The normalized spacial score (nSPS) is 9.79. The van der Waals surface area contributed by atoms with Crippen molar-refractivity contribution < 1.29 is 4.74 Å². The summed E-state index contributed by atoms with van der Waals surface area (Å²) < 4.78 is 4.95. The fourth-order valence-electron chi connectivity index (χ4n) is 1.16. The van der Waals surface area contributed by atoms with Crippen LogP contribution in [-0.4, -0.2) is 17.1 Å². The molecule has 14 heavy (non-hydrogen) atoms. The van der Waals surface area contributed by atoms with Gasteiger partial charge in [0.2, 0.25) is 0 Å². The molecular weight excluding hydrogens is 176 g/mol. The Hall–Kier alpha value is -1.90. The smallest absolute Gasteiger partial charge is 0.316 e. The van der Waals surface area contributed by atoms with Crippen LogP contribution < -0.4 is 4.74 Å². The van der Waals surface area contributed by atoms with Gasteiger partial charge in [0.25, 0.3) is 0 Å². The first-order valence-corrected chi connectivity index (χ1v) is 4.23. The SMILES string of the molecule is COc1nccc(-c2cc[c]cc2)n1. The quantitative estimate of drug-likeness (QED) is 0.717. The molecule has 1 radical (unpaired) electrons. The van der Waals surface area contributed by atoms with Crippen LogP contribution in [0.4, 0.5) is 0 Å². The Balaban J connectivity index is 2.42. The number of methoxy groups -OCH3 is 1. The zero-order valence-corrected chi connectivity index (χ0v) is 7.77. The monoisotopic (exact) mass is 185 g/mol. The molecule has 0 aliphatic rings. The van der Waals surface area contributed by atoms with E-state index in [0.29, 0.717) is 6.01 Å². The van der Waals surface area contributed by atoms with Crippen molar-refractivity contribution in [3.05, 3.63) is 42.6 Å². The summed E-state index contributed by atoms with van der Waals surface area (Å²) in [6.45, 7) is 0. The molecule has 0 amide bonds. The highest BCUT2D eigenvalue weighted by molar-refractivity contribution is 5.58. The molecule has 0 aliphatic heterocycles. The lowest BCUT2D eigenvalue weighted by Crippen LogP contribution is -1.92. The Morgan fingerprint density at radius 1 is 1.21 bits per heavy atom. The summed E-state index contributed by atoms with van der Waals surface area (Å²) in [5, 5.41) is 0. The van der Waals surface area contributed by atoms with Crippen LogP contribution in [0, 0.1) is 6.07 Å². The van der Waals surface area contributed by atoms with Crippen molar-refractivity contribution in [2.24, 2.45) is 0 Å². The maximum atomic E-state index is 4.95. The lowest BCUT2D eigenvalue weighted by molar-refractivity contribution is 0.380. The van der Waals surface area contributed by atoms with Crippen molar-refractivity contribution in [2.75, 3.05) is 7.11 Å². The van der Waals surface area contributed by atoms with E-state index in [2.05, 4.69) is 16.0 Å². The predicted molar refractivity (Wildman–Crippen MR) is 52.9 cm³/mol. The maximum Gasteiger partial charge on any atom is 0.316 e. The molecule has 1 heterocycles. The Labute approximate surface area is 82.4 Å². The summed E-state index contributed by atoms with van der Waals surface area (Å²) in [4.78, 5) is 8.16. The largest absolute Gasteiger partial charge is 0.467 e. The third-order valence-electron chi connectivity index (χ3n) is 1.83. The zero-order chi connectivity index (χ0) is 9.80. The van der Waals surface area contributed by atoms with Crippen molar-refractivity contribution >= 4 is 0 Å². The van der Waals surface area contributed by atoms with Crippen LogP contribution in [0.5, 0.6) is 6.01 Å². The summed E-state index contributed by atoms with van der Waals surface area (Å²) in [5.74, 6) is 0. The Bertz CT molecular complexity index is 415. The predicted octanol–water partition coefficient (Wildman–Crippen LogP) is 1.95. The topological polar surface area (TPSA) is 35.0 Å². The van der Waals surface area contributed by atoms with Gasteiger partial charge in [0.05, 0.1) is 12.8 Å². The van der Waals surface area contributed by atoms with Crippen LogP contribution in [0.2, 0.25) is 0 Å².